The average molecular weight is 558 g/mol. The molecule has 1 fully saturated rings. The number of nitro groups is 1. The number of nitrogens with zero attached hydrogens (tertiary/aromatic N) is 3. The zero-order chi connectivity index (χ0) is 28.4. The van der Waals surface area contributed by atoms with Crippen molar-refractivity contribution in [2.45, 2.75) is 40.0 Å². The highest BCUT2D eigenvalue weighted by Crippen LogP contribution is 2.32. The molecule has 1 amide bonds. The molecule has 0 atom stereocenters. The van der Waals surface area contributed by atoms with Crippen molar-refractivity contribution < 1.29 is 14.1 Å². The first kappa shape index (κ1) is 27.3. The van der Waals surface area contributed by atoms with E-state index < -0.39 is 10.8 Å². The molecule has 10 heteroatoms. The molecule has 5 rings (SSSR count). The number of aryl methyl sites for hydroxylation is 2. The van der Waals surface area contributed by atoms with E-state index >= 15 is 0 Å². The molecule has 0 unspecified atom stereocenters. The van der Waals surface area contributed by atoms with Crippen molar-refractivity contribution in [2.24, 2.45) is 5.92 Å². The molecule has 206 valence electrons. The predicted molar refractivity (Wildman–Crippen MR) is 160 cm³/mol. The summed E-state index contributed by atoms with van der Waals surface area (Å²) in [5, 5.41) is 17.5. The van der Waals surface area contributed by atoms with Gasteiger partial charge in [0.25, 0.3) is 11.6 Å². The van der Waals surface area contributed by atoms with Gasteiger partial charge in [-0.3, -0.25) is 20.2 Å². The third-order valence-electron chi connectivity index (χ3n) is 7.22. The van der Waals surface area contributed by atoms with Crippen LogP contribution in [0, 0.1) is 29.9 Å². The summed E-state index contributed by atoms with van der Waals surface area (Å²) in [4.78, 5) is 30.8. The van der Waals surface area contributed by atoms with Gasteiger partial charge in [-0.1, -0.05) is 25.1 Å². The van der Waals surface area contributed by atoms with E-state index in [-0.39, 0.29) is 16.4 Å². The molecule has 1 aliphatic heterocycles. The average Bonchev–Trinajstić information content (AvgIpc) is 3.32. The van der Waals surface area contributed by atoms with E-state index in [0.717, 1.165) is 53.7 Å². The third-order valence-corrected chi connectivity index (χ3v) is 7.42. The highest BCUT2D eigenvalue weighted by atomic mass is 32.1. The smallest absolute Gasteiger partial charge is 0.293 e. The Morgan fingerprint density at radius 2 is 1.85 bits per heavy atom. The van der Waals surface area contributed by atoms with Crippen molar-refractivity contribution in [3.8, 4) is 0 Å². The number of anilines is 2. The van der Waals surface area contributed by atoms with Crippen molar-refractivity contribution in [1.29, 1.82) is 0 Å². The minimum atomic E-state index is -0.516. The molecule has 1 saturated heterocycles. The normalized spacial score (nSPS) is 13.8. The van der Waals surface area contributed by atoms with E-state index in [1.54, 1.807) is 12.1 Å². The molecular formula is C30H31N5O4S. The lowest BCUT2D eigenvalue weighted by Gasteiger charge is -2.31. The molecule has 0 aliphatic carbocycles. The minimum absolute atomic E-state index is 0.0825. The summed E-state index contributed by atoms with van der Waals surface area (Å²) in [5.41, 5.74) is 6.20. The van der Waals surface area contributed by atoms with Crippen LogP contribution < -0.4 is 15.5 Å². The fraction of sp³-hybridized carbons (Fsp3) is 0.300. The molecule has 3 aromatic carbocycles. The third kappa shape index (κ3) is 6.12. The van der Waals surface area contributed by atoms with Gasteiger partial charge in [0.2, 0.25) is 0 Å². The van der Waals surface area contributed by atoms with Crippen LogP contribution in [-0.2, 0) is 6.42 Å². The van der Waals surface area contributed by atoms with Crippen molar-refractivity contribution in [3.63, 3.8) is 0 Å². The van der Waals surface area contributed by atoms with Gasteiger partial charge >= 0.3 is 0 Å². The lowest BCUT2D eigenvalue weighted by Crippen LogP contribution is -2.35. The molecule has 40 heavy (non-hydrogen) atoms. The summed E-state index contributed by atoms with van der Waals surface area (Å²) in [6.07, 6.45) is 2.51. The number of amides is 1. The number of hydrogen-bond donors (Lipinski definition) is 2. The fourth-order valence-corrected chi connectivity index (χ4v) is 5.25. The van der Waals surface area contributed by atoms with E-state index in [1.165, 1.54) is 6.07 Å². The van der Waals surface area contributed by atoms with E-state index in [9.17, 15) is 14.9 Å². The summed E-state index contributed by atoms with van der Waals surface area (Å²) in [7, 11) is 0. The molecule has 0 saturated carbocycles. The maximum absolute atomic E-state index is 12.8. The lowest BCUT2D eigenvalue weighted by molar-refractivity contribution is -0.384. The molecule has 4 aromatic rings. The SMILES string of the molecule is Cc1cc(C)c2oc(Cc3ccc(NC(=S)NC(=O)c4ccc(N5CCC(C)CC5)c([N+](=O)[O-])c4)cc3)nc2c1. The van der Waals surface area contributed by atoms with Gasteiger partial charge in [0.15, 0.2) is 16.6 Å². The van der Waals surface area contributed by atoms with E-state index in [0.29, 0.717) is 29.6 Å². The van der Waals surface area contributed by atoms with Gasteiger partial charge in [-0.25, -0.2) is 4.98 Å². The first-order valence-corrected chi connectivity index (χ1v) is 13.7. The van der Waals surface area contributed by atoms with Crippen LogP contribution in [0.25, 0.3) is 11.1 Å². The Balaban J connectivity index is 1.20. The summed E-state index contributed by atoms with van der Waals surface area (Å²) in [6.45, 7) is 7.75. The molecule has 9 nitrogen and oxygen atoms in total. The Kier molecular flexibility index (Phi) is 7.79. The van der Waals surface area contributed by atoms with Crippen LogP contribution >= 0.6 is 12.2 Å². The van der Waals surface area contributed by atoms with E-state index in [2.05, 4.69) is 28.6 Å². The van der Waals surface area contributed by atoms with Gasteiger partial charge in [-0.05, 0) is 91.8 Å². The number of carbonyl (C=O) groups excluding carboxylic acids is 1. The summed E-state index contributed by atoms with van der Waals surface area (Å²) in [5.74, 6) is 0.729. The van der Waals surface area contributed by atoms with Gasteiger partial charge in [0, 0.05) is 36.8 Å². The van der Waals surface area contributed by atoms with Crippen molar-refractivity contribution in [2.75, 3.05) is 23.3 Å². The van der Waals surface area contributed by atoms with Crippen molar-refractivity contribution in [1.82, 2.24) is 10.3 Å². The number of carbonyl (C=O) groups is 1. The molecule has 0 spiro atoms. The molecule has 1 aliphatic rings. The highest BCUT2D eigenvalue weighted by molar-refractivity contribution is 7.80. The second-order valence-electron chi connectivity index (χ2n) is 10.4. The molecular weight excluding hydrogens is 526 g/mol. The second kappa shape index (κ2) is 11.4. The molecule has 1 aromatic heterocycles. The second-order valence-corrected chi connectivity index (χ2v) is 10.9. The fourth-order valence-electron chi connectivity index (χ4n) is 5.04. The maximum atomic E-state index is 12.8. The Bertz CT molecular complexity index is 1590. The van der Waals surface area contributed by atoms with Gasteiger partial charge in [-0.2, -0.15) is 0 Å². The van der Waals surface area contributed by atoms with Crippen LogP contribution in [0.5, 0.6) is 0 Å². The standard InChI is InChI=1S/C30H31N5O4S/c1-18-10-12-34(13-11-18)25-9-6-22(17-26(25)35(37)38)29(36)33-30(40)31-23-7-4-21(5-8-23)16-27-32-24-15-19(2)14-20(3)28(24)39-27/h4-9,14-15,17-18H,10-13,16H2,1-3H3,(H2,31,33,36,40). The maximum Gasteiger partial charge on any atom is 0.293 e. The number of oxazole rings is 1. The number of rotatable bonds is 6. The van der Waals surface area contributed by atoms with Crippen LogP contribution in [0.1, 0.15) is 52.7 Å². The number of nitrogens with one attached hydrogen (secondary N) is 2. The van der Waals surface area contributed by atoms with Gasteiger partial charge in [-0.15, -0.1) is 0 Å². The number of aromatic nitrogens is 1. The highest BCUT2D eigenvalue weighted by Gasteiger charge is 2.25. The Hall–Kier alpha value is -4.31. The largest absolute Gasteiger partial charge is 0.440 e. The number of nitro benzene ring substituents is 1. The monoisotopic (exact) mass is 557 g/mol. The van der Waals surface area contributed by atoms with Gasteiger partial charge < -0.3 is 14.6 Å². The van der Waals surface area contributed by atoms with Gasteiger partial charge in [0.05, 0.1) is 4.92 Å². The number of fused-ring (bicyclic) bond motifs is 1. The molecule has 0 radical (unpaired) electrons. The lowest BCUT2D eigenvalue weighted by atomic mass is 9.98. The number of benzene rings is 3. The van der Waals surface area contributed by atoms with Crippen LogP contribution in [0.2, 0.25) is 0 Å². The van der Waals surface area contributed by atoms with Crippen LogP contribution in [0.3, 0.4) is 0 Å². The van der Waals surface area contributed by atoms with Crippen LogP contribution in [-0.4, -0.2) is 34.0 Å². The topological polar surface area (TPSA) is 114 Å². The van der Waals surface area contributed by atoms with Crippen LogP contribution in [0.4, 0.5) is 17.1 Å². The minimum Gasteiger partial charge on any atom is -0.440 e. The Labute approximate surface area is 237 Å². The zero-order valence-electron chi connectivity index (χ0n) is 22.7. The summed E-state index contributed by atoms with van der Waals surface area (Å²) >= 11 is 5.32. The first-order valence-electron chi connectivity index (χ1n) is 13.3. The van der Waals surface area contributed by atoms with Crippen molar-refractivity contribution in [3.05, 3.63) is 92.9 Å². The predicted octanol–water partition coefficient (Wildman–Crippen LogP) is 6.31. The summed E-state index contributed by atoms with van der Waals surface area (Å²) < 4.78 is 5.97. The quantitative estimate of drug-likeness (QED) is 0.161. The number of thiocarbonyl (C=S) groups is 1. The summed E-state index contributed by atoms with van der Waals surface area (Å²) in [6, 6.07) is 16.2. The number of piperidine rings is 1. The van der Waals surface area contributed by atoms with E-state index in [4.69, 9.17) is 16.6 Å². The number of hydrogen-bond acceptors (Lipinski definition) is 7. The zero-order valence-corrected chi connectivity index (χ0v) is 23.5. The molecule has 2 heterocycles. The van der Waals surface area contributed by atoms with E-state index in [1.807, 2.05) is 49.1 Å². The first-order chi connectivity index (χ1) is 19.2. The Morgan fingerprint density at radius 1 is 1.12 bits per heavy atom. The van der Waals surface area contributed by atoms with Crippen LogP contribution in [0.15, 0.2) is 59.0 Å². The molecule has 2 N–H and O–H groups in total. The molecule has 0 bridgehead atoms. The Morgan fingerprint density at radius 3 is 2.55 bits per heavy atom. The van der Waals surface area contributed by atoms with Crippen molar-refractivity contribution >= 4 is 51.4 Å². The van der Waals surface area contributed by atoms with Gasteiger partial charge in [0.1, 0.15) is 11.2 Å².